The van der Waals surface area contributed by atoms with Gasteiger partial charge in [0, 0.05) is 0 Å². The number of thiophene rings is 1. The Balaban J connectivity index is 3.32. The molecule has 0 saturated carbocycles. The Bertz CT molecular complexity index is 471. The summed E-state index contributed by atoms with van der Waals surface area (Å²) in [4.78, 5) is 10.7. The number of sulfone groups is 1. The van der Waals surface area contributed by atoms with E-state index in [0.29, 0.717) is 0 Å². The second-order valence-electron chi connectivity index (χ2n) is 2.68. The van der Waals surface area contributed by atoms with E-state index in [2.05, 4.69) is 0 Å². The van der Waals surface area contributed by atoms with Crippen LogP contribution in [0.25, 0.3) is 0 Å². The quantitative estimate of drug-likeness (QED) is 0.869. The van der Waals surface area contributed by atoms with Gasteiger partial charge in [0.1, 0.15) is 9.77 Å². The lowest BCUT2D eigenvalue weighted by Crippen LogP contribution is -2.01. The van der Waals surface area contributed by atoms with Gasteiger partial charge in [-0.3, -0.25) is 0 Å². The number of hydrogen-bond donors (Lipinski definition) is 1. The molecule has 84 valence electrons. The molecule has 0 aliphatic heterocycles. The first-order valence-electron chi connectivity index (χ1n) is 4.06. The maximum Gasteiger partial charge on any atom is 0.340 e. The Kier molecular flexibility index (Phi) is 3.35. The Morgan fingerprint density at radius 3 is 2.53 bits per heavy atom. The first kappa shape index (κ1) is 12.0. The number of ether oxygens (including phenoxy) is 1. The maximum atomic E-state index is 11.5. The van der Waals surface area contributed by atoms with Crippen LogP contribution >= 0.6 is 11.3 Å². The third-order valence-corrected chi connectivity index (χ3v) is 5.17. The van der Waals surface area contributed by atoms with Crippen molar-refractivity contribution in [3.8, 4) is 5.06 Å². The summed E-state index contributed by atoms with van der Waals surface area (Å²) in [5.74, 6) is -1.25. The lowest BCUT2D eigenvalue weighted by Gasteiger charge is -1.94. The van der Waals surface area contributed by atoms with Crippen LogP contribution < -0.4 is 4.74 Å². The van der Waals surface area contributed by atoms with Crippen molar-refractivity contribution in [1.29, 1.82) is 0 Å². The molecule has 1 aromatic heterocycles. The topological polar surface area (TPSA) is 80.7 Å². The molecule has 1 heterocycles. The van der Waals surface area contributed by atoms with Crippen LogP contribution in [0.4, 0.5) is 0 Å². The van der Waals surface area contributed by atoms with Gasteiger partial charge >= 0.3 is 5.97 Å². The normalized spacial score (nSPS) is 11.3. The summed E-state index contributed by atoms with van der Waals surface area (Å²) in [7, 11) is -2.06. The zero-order valence-electron chi connectivity index (χ0n) is 8.18. The van der Waals surface area contributed by atoms with E-state index in [-0.39, 0.29) is 20.6 Å². The summed E-state index contributed by atoms with van der Waals surface area (Å²) < 4.78 is 27.8. The van der Waals surface area contributed by atoms with E-state index in [1.807, 2.05) is 0 Å². The summed E-state index contributed by atoms with van der Waals surface area (Å²) in [5, 5.41) is 8.89. The van der Waals surface area contributed by atoms with E-state index < -0.39 is 15.8 Å². The highest BCUT2D eigenvalue weighted by atomic mass is 32.2. The minimum absolute atomic E-state index is 0.0271. The molecule has 0 spiro atoms. The standard InChI is InChI=1S/C8H10O5S2/c1-3-15(11,12)6-4-5(7(9)10)8(13-2)14-6/h4H,3H2,1-2H3,(H,9,10). The van der Waals surface area contributed by atoms with Crippen LogP contribution in [0.2, 0.25) is 0 Å². The molecule has 0 aliphatic carbocycles. The summed E-state index contributed by atoms with van der Waals surface area (Å²) in [6.45, 7) is 1.50. The van der Waals surface area contributed by atoms with Crippen LogP contribution in [0.1, 0.15) is 17.3 Å². The predicted octanol–water partition coefficient (Wildman–Crippen LogP) is 1.25. The van der Waals surface area contributed by atoms with E-state index >= 15 is 0 Å². The van der Waals surface area contributed by atoms with Crippen molar-refractivity contribution >= 4 is 27.1 Å². The van der Waals surface area contributed by atoms with Crippen molar-refractivity contribution < 1.29 is 23.1 Å². The average molecular weight is 250 g/mol. The first-order chi connectivity index (χ1) is 6.92. The van der Waals surface area contributed by atoms with Gasteiger partial charge < -0.3 is 9.84 Å². The highest BCUT2D eigenvalue weighted by Crippen LogP contribution is 2.33. The molecule has 0 atom stereocenters. The molecule has 15 heavy (non-hydrogen) atoms. The largest absolute Gasteiger partial charge is 0.487 e. The highest BCUT2D eigenvalue weighted by molar-refractivity contribution is 7.93. The lowest BCUT2D eigenvalue weighted by atomic mass is 10.3. The lowest BCUT2D eigenvalue weighted by molar-refractivity contribution is 0.0694. The van der Waals surface area contributed by atoms with Gasteiger partial charge in [-0.25, -0.2) is 13.2 Å². The summed E-state index contributed by atoms with van der Waals surface area (Å²) >= 11 is 0.828. The van der Waals surface area contributed by atoms with Crippen molar-refractivity contribution in [2.45, 2.75) is 11.1 Å². The Morgan fingerprint density at radius 1 is 1.60 bits per heavy atom. The summed E-state index contributed by atoms with van der Waals surface area (Å²) in [5.41, 5.74) is -0.116. The van der Waals surface area contributed by atoms with Crippen molar-refractivity contribution in [1.82, 2.24) is 0 Å². The number of rotatable bonds is 4. The monoisotopic (exact) mass is 250 g/mol. The molecule has 0 amide bonds. The van der Waals surface area contributed by atoms with Gasteiger partial charge in [0.25, 0.3) is 0 Å². The van der Waals surface area contributed by atoms with E-state index in [9.17, 15) is 13.2 Å². The zero-order valence-corrected chi connectivity index (χ0v) is 9.81. The van der Waals surface area contributed by atoms with Crippen LogP contribution in [0.15, 0.2) is 10.3 Å². The van der Waals surface area contributed by atoms with Gasteiger partial charge in [0.2, 0.25) is 0 Å². The van der Waals surface area contributed by atoms with Gasteiger partial charge in [0.05, 0.1) is 12.9 Å². The number of carboxylic acid groups (broad SMARTS) is 1. The van der Waals surface area contributed by atoms with Gasteiger partial charge in [0.15, 0.2) is 14.9 Å². The molecular formula is C8H10O5S2. The zero-order chi connectivity index (χ0) is 11.6. The molecule has 1 N–H and O–H groups in total. The molecule has 1 rings (SSSR count). The molecule has 0 fully saturated rings. The number of aromatic carboxylic acids is 1. The fraction of sp³-hybridized carbons (Fsp3) is 0.375. The number of methoxy groups -OCH3 is 1. The van der Waals surface area contributed by atoms with Gasteiger partial charge in [-0.2, -0.15) is 0 Å². The minimum atomic E-state index is -3.37. The Labute approximate surface area is 91.2 Å². The smallest absolute Gasteiger partial charge is 0.340 e. The van der Waals surface area contributed by atoms with Gasteiger partial charge in [-0.15, -0.1) is 0 Å². The van der Waals surface area contributed by atoms with Crippen LogP contribution in [0, 0.1) is 0 Å². The molecule has 7 heteroatoms. The van der Waals surface area contributed by atoms with Crippen LogP contribution in [0.5, 0.6) is 5.06 Å². The van der Waals surface area contributed by atoms with Crippen molar-refractivity contribution in [3.05, 3.63) is 11.6 Å². The predicted molar refractivity (Wildman–Crippen MR) is 55.6 cm³/mol. The Morgan fingerprint density at radius 2 is 2.20 bits per heavy atom. The summed E-state index contributed by atoms with van der Waals surface area (Å²) in [6, 6.07) is 1.13. The molecular weight excluding hydrogens is 240 g/mol. The van der Waals surface area contributed by atoms with E-state index in [0.717, 1.165) is 17.4 Å². The molecule has 0 bridgehead atoms. The number of carboxylic acids is 1. The molecule has 0 aromatic carbocycles. The van der Waals surface area contributed by atoms with E-state index in [1.165, 1.54) is 14.0 Å². The molecule has 1 aromatic rings. The third-order valence-electron chi connectivity index (χ3n) is 1.78. The minimum Gasteiger partial charge on any atom is -0.487 e. The molecule has 0 unspecified atom stereocenters. The summed E-state index contributed by atoms with van der Waals surface area (Å²) in [6.07, 6.45) is 0. The van der Waals surface area contributed by atoms with Crippen LogP contribution in [-0.4, -0.2) is 32.4 Å². The maximum absolute atomic E-state index is 11.5. The molecule has 0 aliphatic rings. The van der Waals surface area contributed by atoms with Crippen molar-refractivity contribution in [3.63, 3.8) is 0 Å². The third kappa shape index (κ3) is 2.29. The van der Waals surface area contributed by atoms with Crippen LogP contribution in [0.3, 0.4) is 0 Å². The van der Waals surface area contributed by atoms with Crippen LogP contribution in [-0.2, 0) is 9.84 Å². The first-order valence-corrected chi connectivity index (χ1v) is 6.53. The average Bonchev–Trinajstić information content (AvgIpc) is 2.62. The number of carbonyl (C=O) groups is 1. The number of hydrogen-bond acceptors (Lipinski definition) is 5. The van der Waals surface area contributed by atoms with Crippen molar-refractivity contribution in [2.75, 3.05) is 12.9 Å². The molecule has 0 radical (unpaired) electrons. The SMILES string of the molecule is CCS(=O)(=O)c1cc(C(=O)O)c(OC)s1. The van der Waals surface area contributed by atoms with E-state index in [4.69, 9.17) is 9.84 Å². The highest BCUT2D eigenvalue weighted by Gasteiger charge is 2.22. The second-order valence-corrected chi connectivity index (χ2v) is 6.20. The Hall–Kier alpha value is -1.08. The fourth-order valence-corrected chi connectivity index (χ4v) is 3.32. The molecule has 0 saturated heterocycles. The van der Waals surface area contributed by atoms with E-state index in [1.54, 1.807) is 0 Å². The molecule has 5 nitrogen and oxygen atoms in total. The van der Waals surface area contributed by atoms with Gasteiger partial charge in [-0.05, 0) is 6.07 Å². The van der Waals surface area contributed by atoms with Gasteiger partial charge in [-0.1, -0.05) is 18.3 Å². The van der Waals surface area contributed by atoms with Crippen molar-refractivity contribution in [2.24, 2.45) is 0 Å². The fourth-order valence-electron chi connectivity index (χ4n) is 0.949. The second kappa shape index (κ2) is 4.19.